The molecule has 0 aliphatic carbocycles. The van der Waals surface area contributed by atoms with Gasteiger partial charge < -0.3 is 15.5 Å². The Bertz CT molecular complexity index is 334. The summed E-state index contributed by atoms with van der Waals surface area (Å²) in [5.41, 5.74) is 5.48. The predicted octanol–water partition coefficient (Wildman–Crippen LogP) is 1.58. The number of hydrogen-bond donors (Lipinski definition) is 2. The first-order valence-electron chi connectivity index (χ1n) is 5.64. The summed E-state index contributed by atoms with van der Waals surface area (Å²) >= 11 is 0. The third-order valence-corrected chi connectivity index (χ3v) is 2.52. The van der Waals surface area contributed by atoms with Crippen molar-refractivity contribution in [3.63, 3.8) is 0 Å². The number of furan rings is 1. The molecule has 3 N–H and O–H groups in total. The standard InChI is InChI=1S/C12H20N2O2/c1-9(7-13)3-6-12(15)14-8-11-5-4-10(2)16-11/h4-5,9H,3,6-8,13H2,1-2H3,(H,14,15). The second-order valence-electron chi connectivity index (χ2n) is 4.17. The van der Waals surface area contributed by atoms with Gasteiger partial charge in [-0.1, -0.05) is 6.92 Å². The third-order valence-electron chi connectivity index (χ3n) is 2.52. The molecule has 0 saturated heterocycles. The Kier molecular flexibility index (Phi) is 5.05. The summed E-state index contributed by atoms with van der Waals surface area (Å²) in [6.45, 7) is 5.02. The lowest BCUT2D eigenvalue weighted by Crippen LogP contribution is -2.23. The normalized spacial score (nSPS) is 12.4. The minimum absolute atomic E-state index is 0.0503. The third kappa shape index (κ3) is 4.49. The van der Waals surface area contributed by atoms with Crippen molar-refractivity contribution in [1.82, 2.24) is 5.32 Å². The molecule has 16 heavy (non-hydrogen) atoms. The fraction of sp³-hybridized carbons (Fsp3) is 0.583. The van der Waals surface area contributed by atoms with E-state index in [1.54, 1.807) is 0 Å². The summed E-state index contributed by atoms with van der Waals surface area (Å²) in [7, 11) is 0. The topological polar surface area (TPSA) is 68.3 Å². The second kappa shape index (κ2) is 6.33. The van der Waals surface area contributed by atoms with Crippen LogP contribution in [0.5, 0.6) is 0 Å². The number of hydrogen-bond acceptors (Lipinski definition) is 3. The molecule has 4 nitrogen and oxygen atoms in total. The molecule has 0 aliphatic rings. The van der Waals surface area contributed by atoms with Gasteiger partial charge in [-0.25, -0.2) is 0 Å². The Morgan fingerprint density at radius 2 is 2.31 bits per heavy atom. The molecular weight excluding hydrogens is 204 g/mol. The zero-order valence-electron chi connectivity index (χ0n) is 9.95. The van der Waals surface area contributed by atoms with Gasteiger partial charge in [0.05, 0.1) is 6.54 Å². The molecule has 1 aromatic heterocycles. The van der Waals surface area contributed by atoms with Crippen LogP contribution in [0.3, 0.4) is 0 Å². The predicted molar refractivity (Wildman–Crippen MR) is 62.7 cm³/mol. The van der Waals surface area contributed by atoms with Gasteiger partial charge in [0, 0.05) is 6.42 Å². The zero-order valence-corrected chi connectivity index (χ0v) is 9.95. The summed E-state index contributed by atoms with van der Waals surface area (Å²) in [4.78, 5) is 11.4. The number of carbonyl (C=O) groups is 1. The van der Waals surface area contributed by atoms with Gasteiger partial charge in [0.15, 0.2) is 0 Å². The first-order chi connectivity index (χ1) is 7.61. The molecule has 0 aromatic carbocycles. The van der Waals surface area contributed by atoms with E-state index in [-0.39, 0.29) is 5.91 Å². The summed E-state index contributed by atoms with van der Waals surface area (Å²) in [6, 6.07) is 3.76. The van der Waals surface area contributed by atoms with E-state index in [1.807, 2.05) is 26.0 Å². The first kappa shape index (κ1) is 12.8. The van der Waals surface area contributed by atoms with E-state index in [2.05, 4.69) is 5.32 Å². The van der Waals surface area contributed by atoms with Crippen LogP contribution in [0.25, 0.3) is 0 Å². The summed E-state index contributed by atoms with van der Waals surface area (Å²) < 4.78 is 5.35. The average Bonchev–Trinajstić information content (AvgIpc) is 2.69. The monoisotopic (exact) mass is 224 g/mol. The van der Waals surface area contributed by atoms with Crippen LogP contribution in [-0.4, -0.2) is 12.5 Å². The van der Waals surface area contributed by atoms with Crippen molar-refractivity contribution < 1.29 is 9.21 Å². The molecule has 0 fully saturated rings. The van der Waals surface area contributed by atoms with Crippen LogP contribution in [0.1, 0.15) is 31.3 Å². The Labute approximate surface area is 96.2 Å². The van der Waals surface area contributed by atoms with Crippen LogP contribution < -0.4 is 11.1 Å². The van der Waals surface area contributed by atoms with Crippen molar-refractivity contribution in [1.29, 1.82) is 0 Å². The lowest BCUT2D eigenvalue weighted by atomic mass is 10.1. The smallest absolute Gasteiger partial charge is 0.220 e. The van der Waals surface area contributed by atoms with Crippen LogP contribution >= 0.6 is 0 Å². The van der Waals surface area contributed by atoms with Gasteiger partial charge in [0.2, 0.25) is 5.91 Å². The lowest BCUT2D eigenvalue weighted by molar-refractivity contribution is -0.121. The molecule has 1 heterocycles. The van der Waals surface area contributed by atoms with Gasteiger partial charge in [-0.3, -0.25) is 4.79 Å². The lowest BCUT2D eigenvalue weighted by Gasteiger charge is -2.07. The van der Waals surface area contributed by atoms with Gasteiger partial charge in [-0.2, -0.15) is 0 Å². The van der Waals surface area contributed by atoms with E-state index >= 15 is 0 Å². The summed E-state index contributed by atoms with van der Waals surface area (Å²) in [6.07, 6.45) is 1.36. The number of carbonyl (C=O) groups excluding carboxylic acids is 1. The van der Waals surface area contributed by atoms with Crippen molar-refractivity contribution in [2.24, 2.45) is 11.7 Å². The molecule has 0 bridgehead atoms. The minimum atomic E-state index is 0.0503. The van der Waals surface area contributed by atoms with Gasteiger partial charge in [-0.05, 0) is 37.9 Å². The van der Waals surface area contributed by atoms with Crippen LogP contribution in [0, 0.1) is 12.8 Å². The zero-order chi connectivity index (χ0) is 12.0. The highest BCUT2D eigenvalue weighted by atomic mass is 16.3. The van der Waals surface area contributed by atoms with Crippen LogP contribution in [0.4, 0.5) is 0 Å². The molecule has 1 unspecified atom stereocenters. The maximum absolute atomic E-state index is 11.4. The molecule has 1 aromatic rings. The molecule has 0 saturated carbocycles. The summed E-state index contributed by atoms with van der Waals surface area (Å²) in [5.74, 6) is 2.10. The molecule has 1 amide bonds. The van der Waals surface area contributed by atoms with E-state index in [0.29, 0.717) is 25.4 Å². The van der Waals surface area contributed by atoms with Crippen molar-refractivity contribution in [3.8, 4) is 0 Å². The van der Waals surface area contributed by atoms with E-state index in [1.165, 1.54) is 0 Å². The molecule has 1 rings (SSSR count). The molecular formula is C12H20N2O2. The second-order valence-corrected chi connectivity index (χ2v) is 4.17. The molecule has 4 heteroatoms. The number of amides is 1. The number of nitrogens with two attached hydrogens (primary N) is 1. The van der Waals surface area contributed by atoms with Gasteiger partial charge in [-0.15, -0.1) is 0 Å². The minimum Gasteiger partial charge on any atom is -0.465 e. The fourth-order valence-electron chi connectivity index (χ4n) is 1.35. The van der Waals surface area contributed by atoms with E-state index < -0.39 is 0 Å². The van der Waals surface area contributed by atoms with Crippen LogP contribution in [-0.2, 0) is 11.3 Å². The van der Waals surface area contributed by atoms with E-state index in [0.717, 1.165) is 17.9 Å². The Balaban J connectivity index is 2.20. The van der Waals surface area contributed by atoms with Crippen molar-refractivity contribution in [3.05, 3.63) is 23.7 Å². The summed E-state index contributed by atoms with van der Waals surface area (Å²) in [5, 5.41) is 2.82. The van der Waals surface area contributed by atoms with Gasteiger partial charge in [0.25, 0.3) is 0 Å². The van der Waals surface area contributed by atoms with Crippen LogP contribution in [0.2, 0.25) is 0 Å². The highest BCUT2D eigenvalue weighted by Crippen LogP contribution is 2.06. The van der Waals surface area contributed by atoms with Gasteiger partial charge in [0.1, 0.15) is 11.5 Å². The van der Waals surface area contributed by atoms with Crippen LogP contribution in [0.15, 0.2) is 16.5 Å². The highest BCUT2D eigenvalue weighted by molar-refractivity contribution is 5.75. The van der Waals surface area contributed by atoms with Crippen molar-refractivity contribution in [2.45, 2.75) is 33.2 Å². The number of nitrogens with one attached hydrogen (secondary N) is 1. The van der Waals surface area contributed by atoms with E-state index in [9.17, 15) is 4.79 Å². The molecule has 0 aliphatic heterocycles. The maximum atomic E-state index is 11.4. The Hall–Kier alpha value is -1.29. The molecule has 90 valence electrons. The van der Waals surface area contributed by atoms with E-state index in [4.69, 9.17) is 10.2 Å². The maximum Gasteiger partial charge on any atom is 0.220 e. The first-order valence-corrected chi connectivity index (χ1v) is 5.64. The molecule has 0 radical (unpaired) electrons. The van der Waals surface area contributed by atoms with Crippen molar-refractivity contribution >= 4 is 5.91 Å². The highest BCUT2D eigenvalue weighted by Gasteiger charge is 2.06. The number of rotatable bonds is 6. The number of aryl methyl sites for hydroxylation is 1. The van der Waals surface area contributed by atoms with Crippen molar-refractivity contribution in [2.75, 3.05) is 6.54 Å². The Morgan fingerprint density at radius 1 is 1.56 bits per heavy atom. The fourth-order valence-corrected chi connectivity index (χ4v) is 1.35. The average molecular weight is 224 g/mol. The molecule has 0 spiro atoms. The quantitative estimate of drug-likeness (QED) is 0.770. The molecule has 1 atom stereocenters. The Morgan fingerprint density at radius 3 is 2.88 bits per heavy atom. The van der Waals surface area contributed by atoms with Gasteiger partial charge >= 0.3 is 0 Å². The largest absolute Gasteiger partial charge is 0.465 e. The SMILES string of the molecule is Cc1ccc(CNC(=O)CCC(C)CN)o1.